The number of aryl methyl sites for hydroxylation is 1. The van der Waals surface area contributed by atoms with Crippen LogP contribution in [-0.2, 0) is 4.79 Å². The van der Waals surface area contributed by atoms with E-state index in [9.17, 15) is 9.18 Å². The minimum atomic E-state index is -0.281. The average Bonchev–Trinajstić information content (AvgIpc) is 2.34. The Balaban J connectivity index is 2.02. The maximum Gasteiger partial charge on any atom is 0.241 e. The number of carbonyl (C=O) groups excluding carboxylic acids is 1. The Hall–Kier alpha value is -1.42. The van der Waals surface area contributed by atoms with E-state index < -0.39 is 0 Å². The Kier molecular flexibility index (Phi) is 3.74. The van der Waals surface area contributed by atoms with Crippen molar-refractivity contribution < 1.29 is 9.18 Å². The lowest BCUT2D eigenvalue weighted by atomic mass is 10.0. The fourth-order valence-corrected chi connectivity index (χ4v) is 2.06. The van der Waals surface area contributed by atoms with Gasteiger partial charge in [0.15, 0.2) is 0 Å². The molecule has 1 aliphatic rings. The predicted octanol–water partition coefficient (Wildman–Crippen LogP) is 2.21. The Morgan fingerprint density at radius 2 is 2.29 bits per heavy atom. The van der Waals surface area contributed by atoms with Crippen molar-refractivity contribution in [3.05, 3.63) is 29.6 Å². The molecule has 0 saturated carbocycles. The molecule has 1 saturated heterocycles. The second-order valence-corrected chi connectivity index (χ2v) is 4.45. The van der Waals surface area contributed by atoms with Gasteiger partial charge in [-0.3, -0.25) is 4.79 Å². The molecule has 3 nitrogen and oxygen atoms in total. The molecule has 0 radical (unpaired) electrons. The second kappa shape index (κ2) is 5.27. The van der Waals surface area contributed by atoms with Gasteiger partial charge in [-0.1, -0.05) is 6.42 Å². The zero-order valence-corrected chi connectivity index (χ0v) is 9.92. The van der Waals surface area contributed by atoms with Crippen LogP contribution in [0.15, 0.2) is 18.2 Å². The van der Waals surface area contributed by atoms with Crippen LogP contribution >= 0.6 is 0 Å². The molecule has 1 aromatic rings. The fraction of sp³-hybridized carbons (Fsp3) is 0.462. The maximum absolute atomic E-state index is 12.9. The number of carbonyl (C=O) groups is 1. The van der Waals surface area contributed by atoms with E-state index >= 15 is 0 Å². The van der Waals surface area contributed by atoms with Crippen LogP contribution in [0, 0.1) is 12.7 Å². The number of anilines is 1. The molecule has 0 spiro atoms. The lowest BCUT2D eigenvalue weighted by Gasteiger charge is -2.22. The van der Waals surface area contributed by atoms with E-state index in [4.69, 9.17) is 0 Å². The van der Waals surface area contributed by atoms with Crippen LogP contribution in [0.2, 0.25) is 0 Å². The minimum absolute atomic E-state index is 0.0283. The molecular weight excluding hydrogens is 219 g/mol. The number of halogens is 1. The lowest BCUT2D eigenvalue weighted by Crippen LogP contribution is -2.43. The van der Waals surface area contributed by atoms with E-state index in [1.165, 1.54) is 12.1 Å². The third kappa shape index (κ3) is 3.03. The monoisotopic (exact) mass is 236 g/mol. The SMILES string of the molecule is Cc1cc(F)ccc1NC(=O)C1CCCCN1. The number of benzene rings is 1. The normalized spacial score (nSPS) is 20.0. The molecule has 1 heterocycles. The van der Waals surface area contributed by atoms with Crippen molar-refractivity contribution in [3.8, 4) is 0 Å². The molecule has 0 aromatic heterocycles. The summed E-state index contributed by atoms with van der Waals surface area (Å²) in [6, 6.07) is 4.26. The largest absolute Gasteiger partial charge is 0.324 e. The summed E-state index contributed by atoms with van der Waals surface area (Å²) in [7, 11) is 0. The summed E-state index contributed by atoms with van der Waals surface area (Å²) in [6.45, 7) is 2.67. The molecule has 0 bridgehead atoms. The molecule has 4 heteroatoms. The van der Waals surface area contributed by atoms with Gasteiger partial charge in [0.05, 0.1) is 6.04 Å². The van der Waals surface area contributed by atoms with Gasteiger partial charge in [0.2, 0.25) is 5.91 Å². The third-order valence-corrected chi connectivity index (χ3v) is 3.07. The second-order valence-electron chi connectivity index (χ2n) is 4.45. The molecule has 2 N–H and O–H groups in total. The number of amides is 1. The Morgan fingerprint density at radius 3 is 2.94 bits per heavy atom. The number of hydrogen-bond donors (Lipinski definition) is 2. The van der Waals surface area contributed by atoms with Crippen molar-refractivity contribution >= 4 is 11.6 Å². The molecule has 1 amide bonds. The Morgan fingerprint density at radius 1 is 1.47 bits per heavy atom. The first-order valence-corrected chi connectivity index (χ1v) is 5.97. The molecule has 1 atom stereocenters. The van der Waals surface area contributed by atoms with Crippen LogP contribution in [0.4, 0.5) is 10.1 Å². The van der Waals surface area contributed by atoms with Gasteiger partial charge in [-0.25, -0.2) is 4.39 Å². The highest BCUT2D eigenvalue weighted by atomic mass is 19.1. The Labute approximate surface area is 100 Å². The van der Waals surface area contributed by atoms with Gasteiger partial charge in [-0.2, -0.15) is 0 Å². The summed E-state index contributed by atoms with van der Waals surface area (Å²) < 4.78 is 12.9. The highest BCUT2D eigenvalue weighted by Gasteiger charge is 2.20. The van der Waals surface area contributed by atoms with E-state index in [1.54, 1.807) is 13.0 Å². The minimum Gasteiger partial charge on any atom is -0.324 e. The summed E-state index contributed by atoms with van der Waals surface area (Å²) >= 11 is 0. The van der Waals surface area contributed by atoms with Crippen molar-refractivity contribution in [2.45, 2.75) is 32.2 Å². The van der Waals surface area contributed by atoms with E-state index in [1.807, 2.05) is 0 Å². The lowest BCUT2D eigenvalue weighted by molar-refractivity contribution is -0.118. The van der Waals surface area contributed by atoms with E-state index in [2.05, 4.69) is 10.6 Å². The van der Waals surface area contributed by atoms with Crippen LogP contribution in [0.3, 0.4) is 0 Å². The zero-order chi connectivity index (χ0) is 12.3. The highest BCUT2D eigenvalue weighted by molar-refractivity contribution is 5.95. The smallest absolute Gasteiger partial charge is 0.241 e. The van der Waals surface area contributed by atoms with Crippen molar-refractivity contribution in [3.63, 3.8) is 0 Å². The third-order valence-electron chi connectivity index (χ3n) is 3.07. The summed E-state index contributed by atoms with van der Waals surface area (Å²) in [6.07, 6.45) is 3.07. The average molecular weight is 236 g/mol. The number of piperidine rings is 1. The summed E-state index contributed by atoms with van der Waals surface area (Å²) in [5.74, 6) is -0.310. The van der Waals surface area contributed by atoms with Crippen LogP contribution in [0.25, 0.3) is 0 Å². The van der Waals surface area contributed by atoms with Crippen LogP contribution in [0.1, 0.15) is 24.8 Å². The zero-order valence-electron chi connectivity index (χ0n) is 9.92. The predicted molar refractivity (Wildman–Crippen MR) is 65.4 cm³/mol. The number of hydrogen-bond acceptors (Lipinski definition) is 2. The molecule has 1 fully saturated rings. The molecule has 1 unspecified atom stereocenters. The van der Waals surface area contributed by atoms with Gasteiger partial charge in [0, 0.05) is 5.69 Å². The first-order chi connectivity index (χ1) is 8.16. The maximum atomic E-state index is 12.9. The van der Waals surface area contributed by atoms with Gasteiger partial charge < -0.3 is 10.6 Å². The van der Waals surface area contributed by atoms with Gasteiger partial charge >= 0.3 is 0 Å². The van der Waals surface area contributed by atoms with E-state index in [0.29, 0.717) is 5.69 Å². The molecule has 17 heavy (non-hydrogen) atoms. The molecule has 1 aromatic carbocycles. The summed E-state index contributed by atoms with van der Waals surface area (Å²) in [5.41, 5.74) is 1.43. The van der Waals surface area contributed by atoms with Crippen molar-refractivity contribution in [2.75, 3.05) is 11.9 Å². The van der Waals surface area contributed by atoms with Gasteiger partial charge in [-0.05, 0) is 50.1 Å². The molecule has 92 valence electrons. The summed E-state index contributed by atoms with van der Waals surface area (Å²) in [4.78, 5) is 11.9. The standard InChI is InChI=1S/C13H17FN2O/c1-9-8-10(14)5-6-11(9)16-13(17)12-4-2-3-7-15-12/h5-6,8,12,15H,2-4,7H2,1H3,(H,16,17). The first kappa shape index (κ1) is 12.0. The van der Waals surface area contributed by atoms with Gasteiger partial charge in [-0.15, -0.1) is 0 Å². The quantitative estimate of drug-likeness (QED) is 0.826. The van der Waals surface area contributed by atoms with E-state index in [-0.39, 0.29) is 17.8 Å². The molecule has 2 rings (SSSR count). The molecular formula is C13H17FN2O. The highest BCUT2D eigenvalue weighted by Crippen LogP contribution is 2.17. The Bertz CT molecular complexity index is 414. The van der Waals surface area contributed by atoms with Crippen molar-refractivity contribution in [1.29, 1.82) is 0 Å². The summed E-state index contributed by atoms with van der Waals surface area (Å²) in [5, 5.41) is 6.02. The molecule has 1 aliphatic heterocycles. The number of rotatable bonds is 2. The van der Waals surface area contributed by atoms with Crippen LogP contribution in [-0.4, -0.2) is 18.5 Å². The van der Waals surface area contributed by atoms with Crippen molar-refractivity contribution in [2.24, 2.45) is 0 Å². The fourth-order valence-electron chi connectivity index (χ4n) is 2.06. The van der Waals surface area contributed by atoms with E-state index in [0.717, 1.165) is 31.4 Å². The molecule has 0 aliphatic carbocycles. The van der Waals surface area contributed by atoms with Gasteiger partial charge in [0.1, 0.15) is 5.82 Å². The van der Waals surface area contributed by atoms with Crippen molar-refractivity contribution in [1.82, 2.24) is 5.32 Å². The van der Waals surface area contributed by atoms with Crippen LogP contribution in [0.5, 0.6) is 0 Å². The van der Waals surface area contributed by atoms with Gasteiger partial charge in [0.25, 0.3) is 0 Å². The topological polar surface area (TPSA) is 41.1 Å². The van der Waals surface area contributed by atoms with Crippen LogP contribution < -0.4 is 10.6 Å². The first-order valence-electron chi connectivity index (χ1n) is 5.97. The number of nitrogens with one attached hydrogen (secondary N) is 2.